The van der Waals surface area contributed by atoms with E-state index < -0.39 is 0 Å². The molecule has 0 amide bonds. The highest BCUT2D eigenvalue weighted by molar-refractivity contribution is 5.24. The van der Waals surface area contributed by atoms with Gasteiger partial charge in [-0.25, -0.2) is 0 Å². The van der Waals surface area contributed by atoms with Crippen molar-refractivity contribution in [3.05, 3.63) is 24.0 Å². The van der Waals surface area contributed by atoms with Crippen LogP contribution in [-0.4, -0.2) is 28.1 Å². The molecular weight excluding hydrogens is 164 g/mol. The van der Waals surface area contributed by atoms with Gasteiger partial charge in [0.1, 0.15) is 5.75 Å². The van der Waals surface area contributed by atoms with E-state index in [1.807, 2.05) is 0 Å². The molecule has 0 bridgehead atoms. The van der Waals surface area contributed by atoms with Crippen LogP contribution in [0.4, 0.5) is 0 Å². The number of hydrogen-bond donors (Lipinski definition) is 1. The molecule has 0 saturated carbocycles. The van der Waals surface area contributed by atoms with Gasteiger partial charge >= 0.3 is 0 Å². The van der Waals surface area contributed by atoms with Gasteiger partial charge in [-0.3, -0.25) is 9.88 Å². The number of hydrogen-bond acceptors (Lipinski definition) is 3. The fraction of sp³-hybridized carbons (Fsp3) is 0.500. The molecule has 3 heteroatoms. The molecule has 3 nitrogen and oxygen atoms in total. The van der Waals surface area contributed by atoms with E-state index >= 15 is 0 Å². The van der Waals surface area contributed by atoms with Gasteiger partial charge in [-0.05, 0) is 25.2 Å². The zero-order valence-electron chi connectivity index (χ0n) is 8.20. The lowest BCUT2D eigenvalue weighted by molar-refractivity contribution is 0.286. The van der Waals surface area contributed by atoms with Gasteiger partial charge in [0.25, 0.3) is 0 Å². The Kier molecular flexibility index (Phi) is 3.71. The summed E-state index contributed by atoms with van der Waals surface area (Å²) in [5.74, 6) is 0.286. The number of aromatic hydroxyl groups is 1. The van der Waals surface area contributed by atoms with Crippen LogP contribution in [0.15, 0.2) is 18.3 Å². The van der Waals surface area contributed by atoms with E-state index in [9.17, 15) is 5.11 Å². The van der Waals surface area contributed by atoms with Crippen molar-refractivity contribution in [2.45, 2.75) is 20.4 Å². The van der Waals surface area contributed by atoms with E-state index in [-0.39, 0.29) is 5.75 Å². The molecule has 0 fully saturated rings. The monoisotopic (exact) mass is 180 g/mol. The van der Waals surface area contributed by atoms with Crippen molar-refractivity contribution in [2.75, 3.05) is 13.1 Å². The van der Waals surface area contributed by atoms with E-state index in [1.54, 1.807) is 18.3 Å². The lowest BCUT2D eigenvalue weighted by Crippen LogP contribution is -2.22. The Hall–Kier alpha value is -1.09. The summed E-state index contributed by atoms with van der Waals surface area (Å²) in [6.07, 6.45) is 1.71. The van der Waals surface area contributed by atoms with Gasteiger partial charge in [0.15, 0.2) is 0 Å². The van der Waals surface area contributed by atoms with Gasteiger partial charge in [-0.15, -0.1) is 0 Å². The molecule has 0 saturated heterocycles. The largest absolute Gasteiger partial charge is 0.506 e. The van der Waals surface area contributed by atoms with Gasteiger partial charge in [-0.1, -0.05) is 13.8 Å². The Balaban J connectivity index is 2.67. The summed E-state index contributed by atoms with van der Waals surface area (Å²) in [7, 11) is 0. The van der Waals surface area contributed by atoms with Crippen LogP contribution < -0.4 is 0 Å². The number of rotatable bonds is 4. The molecule has 1 rings (SSSR count). The molecule has 1 aromatic heterocycles. The van der Waals surface area contributed by atoms with Gasteiger partial charge in [-0.2, -0.15) is 0 Å². The van der Waals surface area contributed by atoms with Crippen molar-refractivity contribution in [2.24, 2.45) is 0 Å². The van der Waals surface area contributed by atoms with E-state index in [0.717, 1.165) is 25.3 Å². The van der Waals surface area contributed by atoms with Crippen LogP contribution >= 0.6 is 0 Å². The second-order valence-electron chi connectivity index (χ2n) is 2.93. The van der Waals surface area contributed by atoms with Crippen LogP contribution in [0.5, 0.6) is 5.75 Å². The highest BCUT2D eigenvalue weighted by Gasteiger charge is 2.05. The van der Waals surface area contributed by atoms with Crippen LogP contribution in [0.25, 0.3) is 0 Å². The smallest absolute Gasteiger partial charge is 0.138 e. The summed E-state index contributed by atoms with van der Waals surface area (Å²) < 4.78 is 0. The van der Waals surface area contributed by atoms with Gasteiger partial charge in [0, 0.05) is 12.7 Å². The third kappa shape index (κ3) is 2.70. The van der Waals surface area contributed by atoms with Crippen molar-refractivity contribution in [1.29, 1.82) is 0 Å². The van der Waals surface area contributed by atoms with Crippen molar-refractivity contribution in [3.8, 4) is 5.75 Å². The van der Waals surface area contributed by atoms with Gasteiger partial charge in [0.2, 0.25) is 0 Å². The van der Waals surface area contributed by atoms with E-state index in [4.69, 9.17) is 0 Å². The maximum Gasteiger partial charge on any atom is 0.138 e. The average molecular weight is 180 g/mol. The minimum Gasteiger partial charge on any atom is -0.506 e. The molecule has 0 spiro atoms. The zero-order valence-corrected chi connectivity index (χ0v) is 8.20. The molecule has 1 heterocycles. The highest BCUT2D eigenvalue weighted by atomic mass is 16.3. The first-order valence-corrected chi connectivity index (χ1v) is 4.63. The Morgan fingerprint density at radius 1 is 1.38 bits per heavy atom. The lowest BCUT2D eigenvalue weighted by Gasteiger charge is -2.17. The maximum atomic E-state index is 9.46. The summed E-state index contributed by atoms with van der Waals surface area (Å²) >= 11 is 0. The summed E-state index contributed by atoms with van der Waals surface area (Å²) in [5.41, 5.74) is 0.756. The van der Waals surface area contributed by atoms with Crippen LogP contribution in [0.3, 0.4) is 0 Å². The standard InChI is InChI=1S/C10H16N2O/c1-3-12(4-2)8-9-10(13)6-5-7-11-9/h5-7,13H,3-4,8H2,1-2H3. The molecule has 0 radical (unpaired) electrons. The van der Waals surface area contributed by atoms with E-state index in [1.165, 1.54) is 0 Å². The molecular formula is C10H16N2O. The van der Waals surface area contributed by atoms with Crippen molar-refractivity contribution < 1.29 is 5.11 Å². The fourth-order valence-corrected chi connectivity index (χ4v) is 1.21. The molecule has 0 aromatic carbocycles. The minimum absolute atomic E-state index is 0.286. The van der Waals surface area contributed by atoms with E-state index in [2.05, 4.69) is 23.7 Å². The molecule has 1 aromatic rings. The highest BCUT2D eigenvalue weighted by Crippen LogP contribution is 2.14. The quantitative estimate of drug-likeness (QED) is 0.765. The van der Waals surface area contributed by atoms with Gasteiger partial charge < -0.3 is 5.11 Å². The first-order valence-electron chi connectivity index (χ1n) is 4.63. The van der Waals surface area contributed by atoms with Crippen molar-refractivity contribution in [1.82, 2.24) is 9.88 Å². The number of aromatic nitrogens is 1. The Bertz CT molecular complexity index is 259. The third-order valence-electron chi connectivity index (χ3n) is 2.13. The number of pyridine rings is 1. The molecule has 0 aliphatic rings. The van der Waals surface area contributed by atoms with Crippen LogP contribution in [0.2, 0.25) is 0 Å². The molecule has 0 aliphatic heterocycles. The normalized spacial score (nSPS) is 10.7. The second-order valence-corrected chi connectivity index (χ2v) is 2.93. The van der Waals surface area contributed by atoms with Crippen LogP contribution in [0.1, 0.15) is 19.5 Å². The first-order chi connectivity index (χ1) is 6.27. The lowest BCUT2D eigenvalue weighted by atomic mass is 10.3. The Morgan fingerprint density at radius 3 is 2.62 bits per heavy atom. The fourth-order valence-electron chi connectivity index (χ4n) is 1.21. The topological polar surface area (TPSA) is 36.4 Å². The Morgan fingerprint density at radius 2 is 2.08 bits per heavy atom. The molecule has 0 atom stereocenters. The third-order valence-corrected chi connectivity index (χ3v) is 2.13. The van der Waals surface area contributed by atoms with Crippen LogP contribution in [0, 0.1) is 0 Å². The predicted octanol–water partition coefficient (Wildman–Crippen LogP) is 1.63. The first kappa shape index (κ1) is 9.99. The summed E-state index contributed by atoms with van der Waals surface area (Å²) in [6.45, 7) is 6.88. The maximum absolute atomic E-state index is 9.46. The number of nitrogens with zero attached hydrogens (tertiary/aromatic N) is 2. The second kappa shape index (κ2) is 4.82. The molecule has 72 valence electrons. The Labute approximate surface area is 79.0 Å². The van der Waals surface area contributed by atoms with Crippen molar-refractivity contribution in [3.63, 3.8) is 0 Å². The van der Waals surface area contributed by atoms with Crippen molar-refractivity contribution >= 4 is 0 Å². The zero-order chi connectivity index (χ0) is 9.68. The van der Waals surface area contributed by atoms with Crippen LogP contribution in [-0.2, 0) is 6.54 Å². The summed E-state index contributed by atoms with van der Waals surface area (Å²) in [6, 6.07) is 3.41. The molecule has 13 heavy (non-hydrogen) atoms. The summed E-state index contributed by atoms with van der Waals surface area (Å²) in [5, 5.41) is 9.46. The predicted molar refractivity (Wildman–Crippen MR) is 52.5 cm³/mol. The minimum atomic E-state index is 0.286. The van der Waals surface area contributed by atoms with Gasteiger partial charge in [0.05, 0.1) is 5.69 Å². The summed E-state index contributed by atoms with van der Waals surface area (Å²) in [4.78, 5) is 6.33. The molecule has 1 N–H and O–H groups in total. The molecule has 0 unspecified atom stereocenters. The van der Waals surface area contributed by atoms with E-state index in [0.29, 0.717) is 0 Å². The average Bonchev–Trinajstić information content (AvgIpc) is 2.17. The SMILES string of the molecule is CCN(CC)Cc1ncccc1O. The molecule has 0 aliphatic carbocycles.